The zero-order valence-electron chi connectivity index (χ0n) is 12.1. The van der Waals surface area contributed by atoms with E-state index in [-0.39, 0.29) is 6.42 Å². The Morgan fingerprint density at radius 3 is 2.90 bits per heavy atom. The van der Waals surface area contributed by atoms with E-state index in [2.05, 4.69) is 11.1 Å². The zero-order valence-corrected chi connectivity index (χ0v) is 12.1. The number of aromatic nitrogens is 2. The summed E-state index contributed by atoms with van der Waals surface area (Å²) in [6, 6.07) is 7.35. The van der Waals surface area contributed by atoms with Crippen molar-refractivity contribution in [3.05, 3.63) is 29.6 Å². The maximum absolute atomic E-state index is 11.6. The van der Waals surface area contributed by atoms with Crippen LogP contribution in [0.1, 0.15) is 22.6 Å². The summed E-state index contributed by atoms with van der Waals surface area (Å²) >= 11 is 0. The van der Waals surface area contributed by atoms with Gasteiger partial charge in [0.15, 0.2) is 0 Å². The SMILES string of the molecule is COCCCn1c(CC#N)nc2cc(C(=O)OC)ccc21. The first-order valence-electron chi connectivity index (χ1n) is 6.64. The van der Waals surface area contributed by atoms with Crippen molar-refractivity contribution in [1.82, 2.24) is 9.55 Å². The van der Waals surface area contributed by atoms with Crippen molar-refractivity contribution < 1.29 is 14.3 Å². The molecule has 0 radical (unpaired) electrons. The van der Waals surface area contributed by atoms with E-state index >= 15 is 0 Å². The van der Waals surface area contributed by atoms with Crippen LogP contribution in [0.15, 0.2) is 18.2 Å². The van der Waals surface area contributed by atoms with Gasteiger partial charge in [0.05, 0.1) is 36.2 Å². The van der Waals surface area contributed by atoms with E-state index in [1.165, 1.54) is 7.11 Å². The summed E-state index contributed by atoms with van der Waals surface area (Å²) < 4.78 is 11.8. The molecule has 0 aliphatic rings. The Morgan fingerprint density at radius 1 is 1.43 bits per heavy atom. The van der Waals surface area contributed by atoms with Gasteiger partial charge >= 0.3 is 5.97 Å². The number of aryl methyl sites for hydroxylation is 1. The number of esters is 1. The molecule has 0 aliphatic carbocycles. The Balaban J connectivity index is 2.42. The van der Waals surface area contributed by atoms with Crippen molar-refractivity contribution >= 4 is 17.0 Å². The molecule has 0 spiro atoms. The molecule has 0 unspecified atom stereocenters. The molecule has 1 heterocycles. The topological polar surface area (TPSA) is 77.1 Å². The number of benzene rings is 1. The summed E-state index contributed by atoms with van der Waals surface area (Å²) in [5.74, 6) is 0.304. The quantitative estimate of drug-likeness (QED) is 0.599. The van der Waals surface area contributed by atoms with Gasteiger partial charge in [0, 0.05) is 20.3 Å². The normalized spacial score (nSPS) is 10.5. The number of methoxy groups -OCH3 is 2. The average molecular weight is 287 g/mol. The number of nitrogens with zero attached hydrogens (tertiary/aromatic N) is 3. The number of carbonyl (C=O) groups excluding carboxylic acids is 1. The van der Waals surface area contributed by atoms with Crippen LogP contribution in [-0.4, -0.2) is 36.3 Å². The van der Waals surface area contributed by atoms with Gasteiger partial charge in [-0.3, -0.25) is 0 Å². The predicted molar refractivity (Wildman–Crippen MR) is 76.9 cm³/mol. The Bertz CT molecular complexity index is 685. The first kappa shape index (κ1) is 15.0. The van der Waals surface area contributed by atoms with E-state index in [0.29, 0.717) is 23.5 Å². The van der Waals surface area contributed by atoms with Crippen LogP contribution in [-0.2, 0) is 22.4 Å². The summed E-state index contributed by atoms with van der Waals surface area (Å²) in [6.45, 7) is 1.37. The lowest BCUT2D eigenvalue weighted by Gasteiger charge is -2.07. The smallest absolute Gasteiger partial charge is 0.337 e. The number of carbonyl (C=O) groups is 1. The van der Waals surface area contributed by atoms with Gasteiger partial charge in [-0.2, -0.15) is 5.26 Å². The lowest BCUT2D eigenvalue weighted by Crippen LogP contribution is -2.06. The monoisotopic (exact) mass is 287 g/mol. The maximum atomic E-state index is 11.6. The van der Waals surface area contributed by atoms with E-state index < -0.39 is 5.97 Å². The fourth-order valence-corrected chi connectivity index (χ4v) is 2.25. The minimum Gasteiger partial charge on any atom is -0.465 e. The van der Waals surface area contributed by atoms with E-state index in [1.807, 2.05) is 10.6 Å². The Morgan fingerprint density at radius 2 is 2.24 bits per heavy atom. The molecule has 6 nitrogen and oxygen atoms in total. The van der Waals surface area contributed by atoms with E-state index in [4.69, 9.17) is 14.7 Å². The summed E-state index contributed by atoms with van der Waals surface area (Å²) in [5, 5.41) is 8.92. The predicted octanol–water partition coefficient (Wildman–Crippen LogP) is 1.93. The number of rotatable bonds is 6. The Labute approximate surface area is 122 Å². The molecule has 0 atom stereocenters. The minimum atomic E-state index is -0.396. The molecule has 1 aromatic heterocycles. The van der Waals surface area contributed by atoms with Gasteiger partial charge in [0.2, 0.25) is 0 Å². The fraction of sp³-hybridized carbons (Fsp3) is 0.400. The van der Waals surface area contributed by atoms with Crippen molar-refractivity contribution in [3.63, 3.8) is 0 Å². The standard InChI is InChI=1S/C15H17N3O3/c1-20-9-3-8-18-13-5-4-11(15(19)21-2)10-12(13)17-14(18)6-7-16/h4-5,10H,3,6,8-9H2,1-2H3. The average Bonchev–Trinajstić information content (AvgIpc) is 2.84. The van der Waals surface area contributed by atoms with Crippen molar-refractivity contribution in [3.8, 4) is 6.07 Å². The fourth-order valence-electron chi connectivity index (χ4n) is 2.25. The molecule has 2 rings (SSSR count). The summed E-state index contributed by atoms with van der Waals surface area (Å²) in [6.07, 6.45) is 1.06. The van der Waals surface area contributed by atoms with Crippen LogP contribution in [0.25, 0.3) is 11.0 Å². The molecule has 110 valence electrons. The molecule has 2 aromatic rings. The third-order valence-electron chi connectivity index (χ3n) is 3.22. The van der Waals surface area contributed by atoms with Crippen molar-refractivity contribution in [2.24, 2.45) is 0 Å². The number of imidazole rings is 1. The van der Waals surface area contributed by atoms with Crippen LogP contribution in [0.2, 0.25) is 0 Å². The van der Waals surface area contributed by atoms with Crippen LogP contribution in [0.4, 0.5) is 0 Å². The largest absolute Gasteiger partial charge is 0.465 e. The first-order chi connectivity index (χ1) is 10.2. The van der Waals surface area contributed by atoms with E-state index in [9.17, 15) is 4.79 Å². The molecule has 0 N–H and O–H groups in total. The molecule has 1 aromatic carbocycles. The number of hydrogen-bond donors (Lipinski definition) is 0. The van der Waals surface area contributed by atoms with Gasteiger partial charge in [-0.15, -0.1) is 0 Å². The lowest BCUT2D eigenvalue weighted by molar-refractivity contribution is 0.0601. The van der Waals surface area contributed by atoms with E-state index in [1.54, 1.807) is 19.2 Å². The van der Waals surface area contributed by atoms with Crippen LogP contribution in [0.3, 0.4) is 0 Å². The highest BCUT2D eigenvalue weighted by Gasteiger charge is 2.13. The molecule has 0 aliphatic heterocycles. The number of hydrogen-bond acceptors (Lipinski definition) is 5. The van der Waals surface area contributed by atoms with Gasteiger partial charge in [-0.1, -0.05) is 0 Å². The Kier molecular flexibility index (Phi) is 4.90. The van der Waals surface area contributed by atoms with Crippen LogP contribution < -0.4 is 0 Å². The molecule has 0 amide bonds. The third kappa shape index (κ3) is 3.20. The summed E-state index contributed by atoms with van der Waals surface area (Å²) in [4.78, 5) is 16.0. The molecule has 6 heteroatoms. The van der Waals surface area contributed by atoms with Gasteiger partial charge in [-0.25, -0.2) is 9.78 Å². The molecule has 0 saturated heterocycles. The van der Waals surface area contributed by atoms with Crippen molar-refractivity contribution in [1.29, 1.82) is 5.26 Å². The second-order valence-electron chi connectivity index (χ2n) is 4.56. The maximum Gasteiger partial charge on any atom is 0.337 e. The van der Waals surface area contributed by atoms with E-state index in [0.717, 1.165) is 18.5 Å². The summed E-state index contributed by atoms with van der Waals surface area (Å²) in [7, 11) is 3.00. The van der Waals surface area contributed by atoms with Gasteiger partial charge in [-0.05, 0) is 24.6 Å². The highest BCUT2D eigenvalue weighted by molar-refractivity contribution is 5.93. The highest BCUT2D eigenvalue weighted by Crippen LogP contribution is 2.19. The van der Waals surface area contributed by atoms with Gasteiger partial charge in [0.25, 0.3) is 0 Å². The molecule has 0 bridgehead atoms. The van der Waals surface area contributed by atoms with Crippen molar-refractivity contribution in [2.45, 2.75) is 19.4 Å². The van der Waals surface area contributed by atoms with Crippen LogP contribution >= 0.6 is 0 Å². The molecule has 21 heavy (non-hydrogen) atoms. The second-order valence-corrected chi connectivity index (χ2v) is 4.56. The molecular formula is C15H17N3O3. The Hall–Kier alpha value is -2.39. The van der Waals surface area contributed by atoms with Crippen LogP contribution in [0, 0.1) is 11.3 Å². The highest BCUT2D eigenvalue weighted by atomic mass is 16.5. The van der Waals surface area contributed by atoms with Gasteiger partial charge < -0.3 is 14.0 Å². The first-order valence-corrected chi connectivity index (χ1v) is 6.64. The van der Waals surface area contributed by atoms with Gasteiger partial charge in [0.1, 0.15) is 5.82 Å². The number of ether oxygens (including phenoxy) is 2. The molecular weight excluding hydrogens is 270 g/mol. The minimum absolute atomic E-state index is 0.231. The number of fused-ring (bicyclic) bond motifs is 1. The summed E-state index contributed by atoms with van der Waals surface area (Å²) in [5.41, 5.74) is 2.06. The van der Waals surface area contributed by atoms with Crippen molar-refractivity contribution in [2.75, 3.05) is 20.8 Å². The van der Waals surface area contributed by atoms with Crippen LogP contribution in [0.5, 0.6) is 0 Å². The second kappa shape index (κ2) is 6.86. The number of nitriles is 1. The molecule has 0 fully saturated rings. The zero-order chi connectivity index (χ0) is 15.2. The lowest BCUT2D eigenvalue weighted by atomic mass is 10.2. The molecule has 0 saturated carbocycles. The third-order valence-corrected chi connectivity index (χ3v) is 3.22.